The van der Waals surface area contributed by atoms with Crippen LogP contribution in [-0.2, 0) is 4.79 Å². The zero-order valence-electron chi connectivity index (χ0n) is 17.3. The summed E-state index contributed by atoms with van der Waals surface area (Å²) in [6, 6.07) is 0. The summed E-state index contributed by atoms with van der Waals surface area (Å²) < 4.78 is 0. The normalized spacial score (nSPS) is 26.5. The number of likely N-dealkylation sites (tertiary alicyclic amines) is 2. The molecule has 2 saturated heterocycles. The molecule has 0 aromatic heterocycles. The van der Waals surface area contributed by atoms with E-state index in [0.717, 1.165) is 30.8 Å². The summed E-state index contributed by atoms with van der Waals surface area (Å²) in [6.45, 7) is 20.8. The maximum atomic E-state index is 12.2. The van der Waals surface area contributed by atoms with Gasteiger partial charge in [0.25, 0.3) is 0 Å². The molecular formula is C21H42N2O. The predicted octanol–water partition coefficient (Wildman–Crippen LogP) is 4.52. The van der Waals surface area contributed by atoms with Gasteiger partial charge in [0.1, 0.15) is 0 Å². The lowest BCUT2D eigenvalue weighted by Gasteiger charge is -2.41. The number of piperidine rings is 2. The maximum Gasteiger partial charge on any atom is 0.225 e. The first-order valence-electron chi connectivity index (χ1n) is 10.4. The standard InChI is InChI=1S/C19H36N2O.C2H6/c1-14(2)17-6-9-20(10-7-17)13-18-8-11-21(12-16(18)5)19(22)15(3)4;1-2/h14-18H,6-13H2,1-5H3;1-2H3. The van der Waals surface area contributed by atoms with Crippen LogP contribution in [0.3, 0.4) is 0 Å². The monoisotopic (exact) mass is 338 g/mol. The van der Waals surface area contributed by atoms with Gasteiger partial charge in [0.05, 0.1) is 0 Å². The summed E-state index contributed by atoms with van der Waals surface area (Å²) >= 11 is 0. The Morgan fingerprint density at radius 1 is 1.00 bits per heavy atom. The molecule has 0 N–H and O–H groups in total. The molecule has 0 aromatic carbocycles. The van der Waals surface area contributed by atoms with Crippen LogP contribution in [0.25, 0.3) is 0 Å². The fraction of sp³-hybridized carbons (Fsp3) is 0.952. The van der Waals surface area contributed by atoms with E-state index in [-0.39, 0.29) is 5.92 Å². The smallest absolute Gasteiger partial charge is 0.225 e. The molecule has 0 bridgehead atoms. The third-order valence-corrected chi connectivity index (χ3v) is 5.96. The molecule has 2 heterocycles. The molecule has 3 nitrogen and oxygen atoms in total. The van der Waals surface area contributed by atoms with Gasteiger partial charge in [-0.15, -0.1) is 0 Å². The van der Waals surface area contributed by atoms with E-state index >= 15 is 0 Å². The fourth-order valence-corrected chi connectivity index (χ4v) is 4.16. The molecule has 0 saturated carbocycles. The average Bonchev–Trinajstić information content (AvgIpc) is 2.58. The summed E-state index contributed by atoms with van der Waals surface area (Å²) in [6.07, 6.45) is 3.93. The van der Waals surface area contributed by atoms with Crippen molar-refractivity contribution in [1.29, 1.82) is 0 Å². The highest BCUT2D eigenvalue weighted by atomic mass is 16.2. The number of carbonyl (C=O) groups is 1. The van der Waals surface area contributed by atoms with E-state index in [4.69, 9.17) is 0 Å². The van der Waals surface area contributed by atoms with Crippen LogP contribution in [0, 0.1) is 29.6 Å². The second kappa shape index (κ2) is 10.4. The summed E-state index contributed by atoms with van der Waals surface area (Å²) in [5.74, 6) is 3.65. The molecule has 2 rings (SSSR count). The number of carbonyl (C=O) groups excluding carboxylic acids is 1. The second-order valence-corrected chi connectivity index (χ2v) is 8.35. The highest BCUT2D eigenvalue weighted by Gasteiger charge is 2.31. The van der Waals surface area contributed by atoms with Gasteiger partial charge in [-0.3, -0.25) is 4.79 Å². The highest BCUT2D eigenvalue weighted by molar-refractivity contribution is 5.78. The fourth-order valence-electron chi connectivity index (χ4n) is 4.16. The minimum absolute atomic E-state index is 0.138. The third kappa shape index (κ3) is 6.06. The van der Waals surface area contributed by atoms with Crippen molar-refractivity contribution < 1.29 is 4.79 Å². The molecule has 0 aromatic rings. The summed E-state index contributed by atoms with van der Waals surface area (Å²) in [5, 5.41) is 0. The molecule has 0 aliphatic carbocycles. The minimum atomic E-state index is 0.138. The Kier molecular flexibility index (Phi) is 9.33. The van der Waals surface area contributed by atoms with Crippen LogP contribution < -0.4 is 0 Å². The molecule has 2 unspecified atom stereocenters. The minimum Gasteiger partial charge on any atom is -0.342 e. The van der Waals surface area contributed by atoms with E-state index in [9.17, 15) is 4.79 Å². The van der Waals surface area contributed by atoms with Crippen LogP contribution in [0.1, 0.15) is 67.7 Å². The highest BCUT2D eigenvalue weighted by Crippen LogP contribution is 2.29. The van der Waals surface area contributed by atoms with E-state index in [0.29, 0.717) is 11.8 Å². The zero-order chi connectivity index (χ0) is 18.3. The number of rotatable bonds is 4. The molecule has 24 heavy (non-hydrogen) atoms. The first kappa shape index (κ1) is 21.5. The number of hydrogen-bond donors (Lipinski definition) is 0. The lowest BCUT2D eigenvalue weighted by atomic mass is 9.83. The Bertz CT molecular complexity index is 359. The SMILES string of the molecule is CC.CC(C)C(=O)N1CCC(CN2CCC(C(C)C)CC2)C(C)C1. The Morgan fingerprint density at radius 3 is 2.04 bits per heavy atom. The molecule has 3 heteroatoms. The topological polar surface area (TPSA) is 23.6 Å². The molecule has 142 valence electrons. The van der Waals surface area contributed by atoms with Gasteiger partial charge in [-0.1, -0.05) is 48.5 Å². The Morgan fingerprint density at radius 2 is 1.58 bits per heavy atom. The molecule has 1 amide bonds. The zero-order valence-corrected chi connectivity index (χ0v) is 17.3. The number of amides is 1. The van der Waals surface area contributed by atoms with Gasteiger partial charge in [0, 0.05) is 25.6 Å². The van der Waals surface area contributed by atoms with Crippen molar-refractivity contribution in [2.45, 2.75) is 67.7 Å². The molecule has 2 aliphatic heterocycles. The quantitative estimate of drug-likeness (QED) is 0.752. The van der Waals surface area contributed by atoms with Crippen molar-refractivity contribution in [2.75, 3.05) is 32.7 Å². The Hall–Kier alpha value is -0.570. The van der Waals surface area contributed by atoms with Crippen LogP contribution in [-0.4, -0.2) is 48.4 Å². The predicted molar refractivity (Wildman–Crippen MR) is 104 cm³/mol. The summed E-state index contributed by atoms with van der Waals surface area (Å²) in [4.78, 5) is 16.9. The van der Waals surface area contributed by atoms with Gasteiger partial charge in [0.2, 0.25) is 5.91 Å². The first-order valence-corrected chi connectivity index (χ1v) is 10.4. The maximum absolute atomic E-state index is 12.2. The van der Waals surface area contributed by atoms with E-state index < -0.39 is 0 Å². The van der Waals surface area contributed by atoms with Crippen molar-refractivity contribution in [1.82, 2.24) is 9.80 Å². The van der Waals surface area contributed by atoms with Crippen molar-refractivity contribution in [2.24, 2.45) is 29.6 Å². The van der Waals surface area contributed by atoms with Gasteiger partial charge in [-0.05, 0) is 56.0 Å². The second-order valence-electron chi connectivity index (χ2n) is 8.35. The van der Waals surface area contributed by atoms with Crippen molar-refractivity contribution in [3.63, 3.8) is 0 Å². The third-order valence-electron chi connectivity index (χ3n) is 5.96. The Labute approximate surface area is 151 Å². The van der Waals surface area contributed by atoms with Crippen LogP contribution >= 0.6 is 0 Å². The van der Waals surface area contributed by atoms with Crippen LogP contribution in [0.15, 0.2) is 0 Å². The van der Waals surface area contributed by atoms with Crippen molar-refractivity contribution in [3.05, 3.63) is 0 Å². The molecule has 0 spiro atoms. The average molecular weight is 339 g/mol. The summed E-state index contributed by atoms with van der Waals surface area (Å²) in [7, 11) is 0. The lowest BCUT2D eigenvalue weighted by molar-refractivity contribution is -0.137. The van der Waals surface area contributed by atoms with E-state index in [1.54, 1.807) is 0 Å². The summed E-state index contributed by atoms with van der Waals surface area (Å²) in [5.41, 5.74) is 0. The molecule has 2 atom stereocenters. The largest absolute Gasteiger partial charge is 0.342 e. The Balaban J connectivity index is 0.00000139. The van der Waals surface area contributed by atoms with E-state index in [2.05, 4.69) is 30.6 Å². The van der Waals surface area contributed by atoms with E-state index in [1.807, 2.05) is 27.7 Å². The van der Waals surface area contributed by atoms with Gasteiger partial charge in [0.15, 0.2) is 0 Å². The van der Waals surface area contributed by atoms with Gasteiger partial charge in [-0.2, -0.15) is 0 Å². The van der Waals surface area contributed by atoms with Gasteiger partial charge < -0.3 is 9.80 Å². The van der Waals surface area contributed by atoms with Crippen molar-refractivity contribution in [3.8, 4) is 0 Å². The van der Waals surface area contributed by atoms with Crippen LogP contribution in [0.2, 0.25) is 0 Å². The van der Waals surface area contributed by atoms with Gasteiger partial charge >= 0.3 is 0 Å². The number of hydrogen-bond acceptors (Lipinski definition) is 2. The van der Waals surface area contributed by atoms with E-state index in [1.165, 1.54) is 38.9 Å². The number of nitrogens with zero attached hydrogens (tertiary/aromatic N) is 2. The van der Waals surface area contributed by atoms with Crippen LogP contribution in [0.5, 0.6) is 0 Å². The van der Waals surface area contributed by atoms with Crippen molar-refractivity contribution >= 4 is 5.91 Å². The lowest BCUT2D eigenvalue weighted by Crippen LogP contribution is -2.48. The molecule has 2 fully saturated rings. The molecule has 0 radical (unpaired) electrons. The van der Waals surface area contributed by atoms with Crippen LogP contribution in [0.4, 0.5) is 0 Å². The molecular weight excluding hydrogens is 296 g/mol. The van der Waals surface area contributed by atoms with Gasteiger partial charge in [-0.25, -0.2) is 0 Å². The molecule has 2 aliphatic rings. The first-order chi connectivity index (χ1) is 11.4.